The summed E-state index contributed by atoms with van der Waals surface area (Å²) in [5, 5.41) is 2.58. The Hall–Kier alpha value is -2.09. The van der Waals surface area contributed by atoms with Crippen molar-refractivity contribution in [2.24, 2.45) is 11.7 Å². The standard InChI is InChI=1S/C10H10F3NO.C6H12N2O.C4H10.2C2H6/c1-7-4-8(10(11,12)13)6-9(5-7)14-2-3-15;1-8-4-2-3-5(8)6(7)9;1-4(2)3;2*1-2/h3-6,14H,2H2,1H3;5H,2-4H2,1H3,(H2,7,9);4H,1-3H3;2*1-2H3/t;5-;;;/m.0.../s1. The van der Waals surface area contributed by atoms with Gasteiger partial charge in [-0.2, -0.15) is 13.2 Å². The average Bonchev–Trinajstić information content (AvgIpc) is 3.15. The summed E-state index contributed by atoms with van der Waals surface area (Å²) in [6, 6.07) is 3.60. The van der Waals surface area contributed by atoms with Gasteiger partial charge in [-0.25, -0.2) is 0 Å². The first-order valence-electron chi connectivity index (χ1n) is 11.2. The number of hydrogen-bond acceptors (Lipinski definition) is 4. The molecule has 1 fully saturated rings. The van der Waals surface area contributed by atoms with Gasteiger partial charge in [-0.3, -0.25) is 9.69 Å². The van der Waals surface area contributed by atoms with Gasteiger partial charge < -0.3 is 15.8 Å². The lowest BCUT2D eigenvalue weighted by molar-refractivity contribution is -0.137. The second-order valence-corrected chi connectivity index (χ2v) is 7.41. The number of nitrogens with one attached hydrogen (secondary N) is 1. The van der Waals surface area contributed by atoms with Crippen LogP contribution in [0.15, 0.2) is 18.2 Å². The predicted molar refractivity (Wildman–Crippen MR) is 129 cm³/mol. The highest BCUT2D eigenvalue weighted by molar-refractivity contribution is 5.80. The lowest BCUT2D eigenvalue weighted by Crippen LogP contribution is -2.37. The minimum atomic E-state index is -4.36. The Morgan fingerprint density at radius 3 is 2.00 bits per heavy atom. The van der Waals surface area contributed by atoms with Gasteiger partial charge in [-0.15, -0.1) is 0 Å². The van der Waals surface area contributed by atoms with Crippen LogP contribution in [0, 0.1) is 12.8 Å². The fourth-order valence-electron chi connectivity index (χ4n) is 2.48. The number of carbonyl (C=O) groups is 2. The number of likely N-dealkylation sites (tertiary alicyclic amines) is 1. The molecule has 1 atom stereocenters. The first-order chi connectivity index (χ1) is 14.9. The fourth-order valence-corrected chi connectivity index (χ4v) is 2.48. The van der Waals surface area contributed by atoms with E-state index in [2.05, 4.69) is 26.1 Å². The molecule has 8 heteroatoms. The molecular formula is C24H44F3N3O2. The van der Waals surface area contributed by atoms with Gasteiger partial charge in [0.25, 0.3) is 0 Å². The van der Waals surface area contributed by atoms with Gasteiger partial charge in [0.2, 0.25) is 5.91 Å². The molecule has 0 saturated carbocycles. The highest BCUT2D eigenvalue weighted by Crippen LogP contribution is 2.31. The van der Waals surface area contributed by atoms with E-state index in [1.54, 1.807) is 13.0 Å². The molecule has 2 rings (SSSR count). The first-order valence-corrected chi connectivity index (χ1v) is 11.2. The minimum absolute atomic E-state index is 0.000745. The zero-order chi connectivity index (χ0) is 25.9. The summed E-state index contributed by atoms with van der Waals surface area (Å²) in [7, 11) is 1.93. The summed E-state index contributed by atoms with van der Waals surface area (Å²) in [4.78, 5) is 22.7. The quantitative estimate of drug-likeness (QED) is 0.545. The van der Waals surface area contributed by atoms with Crippen LogP contribution in [-0.4, -0.2) is 43.3 Å². The second-order valence-electron chi connectivity index (χ2n) is 7.41. The molecule has 32 heavy (non-hydrogen) atoms. The molecule has 0 aromatic heterocycles. The number of halogens is 3. The number of rotatable bonds is 4. The van der Waals surface area contributed by atoms with E-state index >= 15 is 0 Å². The van der Waals surface area contributed by atoms with Crippen LogP contribution in [-0.2, 0) is 15.8 Å². The van der Waals surface area contributed by atoms with Gasteiger partial charge in [0, 0.05) is 5.69 Å². The van der Waals surface area contributed by atoms with E-state index in [1.807, 2.05) is 39.6 Å². The maximum Gasteiger partial charge on any atom is 0.416 e. The number of carbonyl (C=O) groups excluding carboxylic acids is 2. The third kappa shape index (κ3) is 17.6. The minimum Gasteiger partial charge on any atom is -0.378 e. The topological polar surface area (TPSA) is 75.4 Å². The zero-order valence-corrected chi connectivity index (χ0v) is 21.3. The summed E-state index contributed by atoms with van der Waals surface area (Å²) in [6.45, 7) is 17.1. The summed E-state index contributed by atoms with van der Waals surface area (Å²) in [6.07, 6.45) is -1.73. The van der Waals surface area contributed by atoms with E-state index in [1.165, 1.54) is 0 Å². The molecule has 1 aliphatic rings. The maximum absolute atomic E-state index is 12.4. The van der Waals surface area contributed by atoms with Crippen LogP contribution in [0.1, 0.15) is 72.4 Å². The molecule has 1 aliphatic heterocycles. The Bertz CT molecular complexity index is 618. The smallest absolute Gasteiger partial charge is 0.378 e. The van der Waals surface area contributed by atoms with Gasteiger partial charge >= 0.3 is 6.18 Å². The molecule has 0 aliphatic carbocycles. The van der Waals surface area contributed by atoms with E-state index in [0.29, 0.717) is 17.5 Å². The van der Waals surface area contributed by atoms with E-state index < -0.39 is 11.7 Å². The molecule has 1 saturated heterocycles. The van der Waals surface area contributed by atoms with Crippen molar-refractivity contribution in [3.05, 3.63) is 29.3 Å². The highest BCUT2D eigenvalue weighted by atomic mass is 19.4. The number of aldehydes is 1. The Morgan fingerprint density at radius 1 is 1.19 bits per heavy atom. The number of benzene rings is 1. The number of aryl methyl sites for hydroxylation is 1. The van der Waals surface area contributed by atoms with Crippen LogP contribution in [0.2, 0.25) is 0 Å². The third-order valence-electron chi connectivity index (χ3n) is 3.64. The van der Waals surface area contributed by atoms with Gasteiger partial charge in [0.1, 0.15) is 6.29 Å². The lowest BCUT2D eigenvalue weighted by Gasteiger charge is -2.14. The van der Waals surface area contributed by atoms with Crippen LogP contribution in [0.4, 0.5) is 18.9 Å². The van der Waals surface area contributed by atoms with Gasteiger partial charge in [-0.05, 0) is 63.0 Å². The molecule has 1 heterocycles. The molecule has 3 N–H and O–H groups in total. The molecule has 0 unspecified atom stereocenters. The van der Waals surface area contributed by atoms with Crippen molar-refractivity contribution in [3.63, 3.8) is 0 Å². The lowest BCUT2D eigenvalue weighted by atomic mass is 10.1. The normalized spacial score (nSPS) is 14.8. The summed E-state index contributed by atoms with van der Waals surface area (Å²) < 4.78 is 37.1. The van der Waals surface area contributed by atoms with Crippen LogP contribution in [0.3, 0.4) is 0 Å². The van der Waals surface area contributed by atoms with E-state index in [4.69, 9.17) is 5.73 Å². The molecule has 188 valence electrons. The third-order valence-corrected chi connectivity index (χ3v) is 3.64. The number of anilines is 1. The zero-order valence-electron chi connectivity index (χ0n) is 21.3. The van der Waals surface area contributed by atoms with Crippen molar-refractivity contribution >= 4 is 17.9 Å². The monoisotopic (exact) mass is 463 g/mol. The predicted octanol–water partition coefficient (Wildman–Crippen LogP) is 5.91. The maximum atomic E-state index is 12.4. The SMILES string of the molecule is CC.CC.CC(C)C.CN1CCC[C@H]1C(N)=O.Cc1cc(NCC=O)cc(C(F)(F)F)c1. The van der Waals surface area contributed by atoms with E-state index in [-0.39, 0.29) is 18.5 Å². The number of nitrogens with zero attached hydrogens (tertiary/aromatic N) is 1. The number of amides is 1. The van der Waals surface area contributed by atoms with E-state index in [9.17, 15) is 22.8 Å². The van der Waals surface area contributed by atoms with Gasteiger partial charge in [0.15, 0.2) is 0 Å². The Balaban J connectivity index is -0.000000420. The molecular weight excluding hydrogens is 419 g/mol. The van der Waals surface area contributed by atoms with Crippen molar-refractivity contribution in [2.75, 3.05) is 25.5 Å². The average molecular weight is 464 g/mol. The van der Waals surface area contributed by atoms with Gasteiger partial charge in [0.05, 0.1) is 18.2 Å². The van der Waals surface area contributed by atoms with Crippen molar-refractivity contribution in [2.45, 2.75) is 80.4 Å². The second kappa shape index (κ2) is 19.6. The first kappa shape index (κ1) is 34.5. The Kier molecular flexibility index (Phi) is 21.1. The van der Waals surface area contributed by atoms with E-state index in [0.717, 1.165) is 37.4 Å². The summed E-state index contributed by atoms with van der Waals surface area (Å²) >= 11 is 0. The molecule has 1 aromatic rings. The molecule has 0 bridgehead atoms. The number of alkyl halides is 3. The Labute approximate surface area is 192 Å². The van der Waals surface area contributed by atoms with Crippen molar-refractivity contribution in [1.29, 1.82) is 0 Å². The van der Waals surface area contributed by atoms with Crippen molar-refractivity contribution < 1.29 is 22.8 Å². The summed E-state index contributed by atoms with van der Waals surface area (Å²) in [5.74, 6) is 0.648. The molecule has 1 aromatic carbocycles. The number of hydrogen-bond donors (Lipinski definition) is 2. The number of nitrogens with two attached hydrogens (primary N) is 1. The summed E-state index contributed by atoms with van der Waals surface area (Å²) in [5.41, 5.74) is 5.19. The largest absolute Gasteiger partial charge is 0.416 e. The molecule has 5 nitrogen and oxygen atoms in total. The Morgan fingerprint density at radius 2 is 1.69 bits per heavy atom. The van der Waals surface area contributed by atoms with Crippen molar-refractivity contribution in [3.8, 4) is 0 Å². The molecule has 0 spiro atoms. The number of primary amides is 1. The highest BCUT2D eigenvalue weighted by Gasteiger charge is 2.30. The van der Waals surface area contributed by atoms with Crippen molar-refractivity contribution in [1.82, 2.24) is 4.90 Å². The molecule has 0 radical (unpaired) electrons. The molecule has 1 amide bonds. The van der Waals surface area contributed by atoms with Crippen LogP contribution < -0.4 is 11.1 Å². The number of likely N-dealkylation sites (N-methyl/N-ethyl adjacent to an activating group) is 1. The van der Waals surface area contributed by atoms with Crippen LogP contribution in [0.5, 0.6) is 0 Å². The van der Waals surface area contributed by atoms with Crippen LogP contribution in [0.25, 0.3) is 0 Å². The van der Waals surface area contributed by atoms with Crippen LogP contribution >= 0.6 is 0 Å². The van der Waals surface area contributed by atoms with Gasteiger partial charge in [-0.1, -0.05) is 48.5 Å². The fraction of sp³-hybridized carbons (Fsp3) is 0.667.